The molecule has 0 bridgehead atoms. The molecule has 2 rings (SSSR count). The van der Waals surface area contributed by atoms with E-state index in [9.17, 15) is 9.59 Å². The van der Waals surface area contributed by atoms with E-state index in [2.05, 4.69) is 10.3 Å². The number of nitrogens with one attached hydrogen (secondary N) is 1. The first kappa shape index (κ1) is 11.4. The molecule has 0 fully saturated rings. The average Bonchev–Trinajstić information content (AvgIpc) is 2.62. The molecule has 1 N–H and O–H groups in total. The van der Waals surface area contributed by atoms with Crippen molar-refractivity contribution in [2.75, 3.05) is 7.11 Å². The molecule has 1 amide bonds. The van der Waals surface area contributed by atoms with E-state index < -0.39 is 5.76 Å². The molecule has 0 radical (unpaired) electrons. The Morgan fingerprint density at radius 1 is 1.47 bits per heavy atom. The summed E-state index contributed by atoms with van der Waals surface area (Å²) in [6, 6.07) is 7.08. The molecule has 0 saturated heterocycles. The highest BCUT2D eigenvalue weighted by Gasteiger charge is 2.09. The van der Waals surface area contributed by atoms with Crippen LogP contribution in [0.25, 0.3) is 11.1 Å². The number of hydrogen-bond acceptors (Lipinski definition) is 4. The smallest absolute Gasteiger partial charge is 0.408 e. The van der Waals surface area contributed by atoms with Gasteiger partial charge in [-0.3, -0.25) is 14.2 Å². The normalized spacial score (nSPS) is 10.6. The molecular formula is C11H12N2O4. The van der Waals surface area contributed by atoms with Gasteiger partial charge in [0.15, 0.2) is 5.58 Å². The van der Waals surface area contributed by atoms with Crippen molar-refractivity contribution in [1.29, 1.82) is 0 Å². The van der Waals surface area contributed by atoms with Gasteiger partial charge in [0, 0.05) is 13.0 Å². The van der Waals surface area contributed by atoms with E-state index in [1.807, 2.05) is 6.07 Å². The number of fused-ring (bicyclic) bond motifs is 1. The quantitative estimate of drug-likeness (QED) is 0.791. The SMILES string of the molecule is CONC(=O)CCn1c(=O)oc2ccccc21. The zero-order valence-electron chi connectivity index (χ0n) is 9.30. The van der Waals surface area contributed by atoms with Crippen molar-refractivity contribution >= 4 is 17.0 Å². The zero-order valence-corrected chi connectivity index (χ0v) is 9.30. The highest BCUT2D eigenvalue weighted by molar-refractivity contribution is 5.75. The lowest BCUT2D eigenvalue weighted by atomic mass is 10.3. The number of amides is 1. The minimum Gasteiger partial charge on any atom is -0.408 e. The topological polar surface area (TPSA) is 73.5 Å². The summed E-state index contributed by atoms with van der Waals surface area (Å²) in [6.07, 6.45) is 0.150. The van der Waals surface area contributed by atoms with Crippen molar-refractivity contribution in [1.82, 2.24) is 10.0 Å². The van der Waals surface area contributed by atoms with E-state index in [1.165, 1.54) is 11.7 Å². The standard InChI is InChI=1S/C11H12N2O4/c1-16-12-10(14)6-7-13-8-4-2-3-5-9(8)17-11(13)15/h2-5H,6-7H2,1H3,(H,12,14). The summed E-state index contributed by atoms with van der Waals surface area (Å²) >= 11 is 0. The van der Waals surface area contributed by atoms with Crippen LogP contribution >= 0.6 is 0 Å². The first-order valence-corrected chi connectivity index (χ1v) is 5.12. The zero-order chi connectivity index (χ0) is 12.3. The lowest BCUT2D eigenvalue weighted by Gasteiger charge is -2.02. The van der Waals surface area contributed by atoms with Crippen LogP contribution in [0.5, 0.6) is 0 Å². The van der Waals surface area contributed by atoms with Crippen LogP contribution in [0.2, 0.25) is 0 Å². The Morgan fingerprint density at radius 2 is 2.24 bits per heavy atom. The van der Waals surface area contributed by atoms with Crippen molar-refractivity contribution in [3.05, 3.63) is 34.8 Å². The van der Waals surface area contributed by atoms with Gasteiger partial charge in [-0.1, -0.05) is 12.1 Å². The third-order valence-electron chi connectivity index (χ3n) is 2.35. The van der Waals surface area contributed by atoms with Gasteiger partial charge >= 0.3 is 5.76 Å². The molecule has 0 saturated carbocycles. The van der Waals surface area contributed by atoms with Crippen molar-refractivity contribution < 1.29 is 14.0 Å². The van der Waals surface area contributed by atoms with E-state index in [0.717, 1.165) is 0 Å². The Kier molecular flexibility index (Phi) is 3.24. The molecule has 0 aliphatic heterocycles. The first-order chi connectivity index (χ1) is 8.22. The van der Waals surface area contributed by atoms with Crippen LogP contribution in [0, 0.1) is 0 Å². The number of oxazole rings is 1. The molecule has 1 aromatic carbocycles. The van der Waals surface area contributed by atoms with Gasteiger partial charge in [0.1, 0.15) is 0 Å². The molecule has 0 spiro atoms. The van der Waals surface area contributed by atoms with Gasteiger partial charge in [-0.2, -0.15) is 0 Å². The van der Waals surface area contributed by atoms with Gasteiger partial charge in [-0.15, -0.1) is 0 Å². The Balaban J connectivity index is 2.21. The van der Waals surface area contributed by atoms with E-state index in [1.54, 1.807) is 18.2 Å². The number of benzene rings is 1. The molecule has 6 nitrogen and oxygen atoms in total. The highest BCUT2D eigenvalue weighted by Crippen LogP contribution is 2.11. The molecule has 1 heterocycles. The third-order valence-corrected chi connectivity index (χ3v) is 2.35. The Hall–Kier alpha value is -2.08. The lowest BCUT2D eigenvalue weighted by molar-refractivity contribution is -0.131. The molecule has 6 heteroatoms. The predicted molar refractivity (Wildman–Crippen MR) is 60.2 cm³/mol. The lowest BCUT2D eigenvalue weighted by Crippen LogP contribution is -2.25. The summed E-state index contributed by atoms with van der Waals surface area (Å²) in [5.74, 6) is -0.749. The summed E-state index contributed by atoms with van der Waals surface area (Å²) in [5.41, 5.74) is 3.39. The summed E-state index contributed by atoms with van der Waals surface area (Å²) in [4.78, 5) is 27.2. The molecule has 0 aliphatic carbocycles. The number of hydrogen-bond donors (Lipinski definition) is 1. The van der Waals surface area contributed by atoms with Crippen molar-refractivity contribution in [3.8, 4) is 0 Å². The fourth-order valence-corrected chi connectivity index (χ4v) is 1.60. The number of carbonyl (C=O) groups is 1. The van der Waals surface area contributed by atoms with E-state index in [4.69, 9.17) is 4.42 Å². The molecular weight excluding hydrogens is 224 g/mol. The molecule has 0 aliphatic rings. The van der Waals surface area contributed by atoms with Gasteiger partial charge < -0.3 is 4.42 Å². The van der Waals surface area contributed by atoms with Gasteiger partial charge in [-0.05, 0) is 12.1 Å². The summed E-state index contributed by atoms with van der Waals surface area (Å²) in [6.45, 7) is 0.255. The number of carbonyl (C=O) groups excluding carboxylic acids is 1. The summed E-state index contributed by atoms with van der Waals surface area (Å²) in [5, 5.41) is 0. The van der Waals surface area contributed by atoms with E-state index in [0.29, 0.717) is 11.1 Å². The number of aromatic nitrogens is 1. The van der Waals surface area contributed by atoms with E-state index >= 15 is 0 Å². The number of para-hydroxylation sites is 2. The molecule has 17 heavy (non-hydrogen) atoms. The molecule has 0 atom stereocenters. The fraction of sp³-hybridized carbons (Fsp3) is 0.273. The van der Waals surface area contributed by atoms with E-state index in [-0.39, 0.29) is 18.9 Å². The van der Waals surface area contributed by atoms with Gasteiger partial charge in [0.2, 0.25) is 5.91 Å². The second-order valence-corrected chi connectivity index (χ2v) is 3.47. The molecule has 2 aromatic rings. The van der Waals surface area contributed by atoms with Crippen LogP contribution in [0.4, 0.5) is 0 Å². The van der Waals surface area contributed by atoms with Crippen LogP contribution in [-0.4, -0.2) is 17.6 Å². The highest BCUT2D eigenvalue weighted by atomic mass is 16.6. The molecule has 90 valence electrons. The Labute approximate surface area is 96.7 Å². The van der Waals surface area contributed by atoms with Crippen LogP contribution in [-0.2, 0) is 16.2 Å². The minimum atomic E-state index is -0.462. The second kappa shape index (κ2) is 4.84. The second-order valence-electron chi connectivity index (χ2n) is 3.47. The van der Waals surface area contributed by atoms with Gasteiger partial charge in [0.25, 0.3) is 0 Å². The monoisotopic (exact) mass is 236 g/mol. The van der Waals surface area contributed by atoms with Crippen molar-refractivity contribution in [3.63, 3.8) is 0 Å². The molecule has 1 aromatic heterocycles. The Bertz CT molecular complexity index is 584. The summed E-state index contributed by atoms with van der Waals surface area (Å²) < 4.78 is 6.46. The fourth-order valence-electron chi connectivity index (χ4n) is 1.60. The van der Waals surface area contributed by atoms with Crippen molar-refractivity contribution in [2.24, 2.45) is 0 Å². The van der Waals surface area contributed by atoms with Crippen LogP contribution in [0.1, 0.15) is 6.42 Å². The van der Waals surface area contributed by atoms with Gasteiger partial charge in [-0.25, -0.2) is 10.3 Å². The number of hydroxylamine groups is 1. The third kappa shape index (κ3) is 2.36. The molecule has 0 unspecified atom stereocenters. The summed E-state index contributed by atoms with van der Waals surface area (Å²) in [7, 11) is 1.36. The largest absolute Gasteiger partial charge is 0.419 e. The number of rotatable bonds is 4. The van der Waals surface area contributed by atoms with Crippen LogP contribution in [0.15, 0.2) is 33.5 Å². The van der Waals surface area contributed by atoms with Crippen LogP contribution < -0.4 is 11.2 Å². The predicted octanol–water partition coefficient (Wildman–Crippen LogP) is 0.662. The first-order valence-electron chi connectivity index (χ1n) is 5.12. The van der Waals surface area contributed by atoms with Gasteiger partial charge in [0.05, 0.1) is 12.6 Å². The maximum atomic E-state index is 11.5. The average molecular weight is 236 g/mol. The maximum Gasteiger partial charge on any atom is 0.419 e. The maximum absolute atomic E-state index is 11.5. The van der Waals surface area contributed by atoms with Crippen molar-refractivity contribution in [2.45, 2.75) is 13.0 Å². The number of aryl methyl sites for hydroxylation is 1. The number of nitrogens with zero attached hydrogens (tertiary/aromatic N) is 1. The minimum absolute atomic E-state index is 0.150. The Morgan fingerprint density at radius 3 is 3.00 bits per heavy atom. The van der Waals surface area contributed by atoms with Crippen LogP contribution in [0.3, 0.4) is 0 Å².